The highest BCUT2D eigenvalue weighted by molar-refractivity contribution is 5.90. The Morgan fingerprint density at radius 3 is 2.47 bits per heavy atom. The lowest BCUT2D eigenvalue weighted by Crippen LogP contribution is -2.37. The molecule has 0 aliphatic rings. The van der Waals surface area contributed by atoms with Gasteiger partial charge in [0, 0.05) is 51.7 Å². The van der Waals surface area contributed by atoms with Crippen LogP contribution in [0.15, 0.2) is 52.6 Å². The summed E-state index contributed by atoms with van der Waals surface area (Å²) >= 11 is 0. The normalized spacial score (nSPS) is 11.2. The Labute approximate surface area is 183 Å². The van der Waals surface area contributed by atoms with Crippen LogP contribution < -0.4 is 16.6 Å². The number of hydrogen-bond acceptors (Lipinski definition) is 5. The first-order valence-corrected chi connectivity index (χ1v) is 10.3. The van der Waals surface area contributed by atoms with Crippen molar-refractivity contribution in [1.29, 1.82) is 0 Å². The number of hydrogen-bond donors (Lipinski definition) is 1. The fourth-order valence-electron chi connectivity index (χ4n) is 3.66. The van der Waals surface area contributed by atoms with Crippen molar-refractivity contribution in [2.45, 2.75) is 32.9 Å². The number of amides is 1. The molecule has 0 atom stereocenters. The molecule has 0 radical (unpaired) electrons. The van der Waals surface area contributed by atoms with Gasteiger partial charge in [0.2, 0.25) is 5.91 Å². The highest BCUT2D eigenvalue weighted by Crippen LogP contribution is 2.13. The summed E-state index contributed by atoms with van der Waals surface area (Å²) < 4.78 is 6.15. The van der Waals surface area contributed by atoms with E-state index < -0.39 is 11.2 Å². The first-order chi connectivity index (χ1) is 15.3. The number of fused-ring (bicyclic) bond motifs is 1. The van der Waals surface area contributed by atoms with Crippen molar-refractivity contribution >= 4 is 22.8 Å². The molecule has 4 rings (SSSR count). The largest absolute Gasteiger partial charge is 0.332 e. The third kappa shape index (κ3) is 4.11. The quantitative estimate of drug-likeness (QED) is 0.472. The average Bonchev–Trinajstić information content (AvgIpc) is 3.38. The summed E-state index contributed by atoms with van der Waals surface area (Å²) in [6.07, 6.45) is 6.06. The van der Waals surface area contributed by atoms with Gasteiger partial charge >= 0.3 is 5.69 Å². The Morgan fingerprint density at radius 1 is 1.03 bits per heavy atom. The standard InChI is InChI=1S/C22H25N7O3/c1-15-23-10-12-28(15)13-16-6-8-17(9-7-16)25-18(30)5-4-11-29-14-24-20-19(29)21(31)27(3)22(32)26(20)2/h6-10,12,14H,4-5,11,13H2,1-3H3,(H,25,30). The number of aromatic nitrogens is 6. The molecule has 3 heterocycles. The van der Waals surface area contributed by atoms with Crippen LogP contribution >= 0.6 is 0 Å². The minimum absolute atomic E-state index is 0.104. The van der Waals surface area contributed by atoms with Crippen LogP contribution in [-0.2, 0) is 32.0 Å². The second-order valence-electron chi connectivity index (χ2n) is 7.77. The number of anilines is 1. The molecule has 3 aromatic heterocycles. The summed E-state index contributed by atoms with van der Waals surface area (Å²) in [5.74, 6) is 0.848. The molecule has 0 fully saturated rings. The van der Waals surface area contributed by atoms with Gasteiger partial charge < -0.3 is 14.5 Å². The number of aryl methyl sites for hydroxylation is 3. The minimum atomic E-state index is -0.418. The fourth-order valence-corrected chi connectivity index (χ4v) is 3.66. The molecule has 1 amide bonds. The Balaban J connectivity index is 1.34. The molecule has 0 bridgehead atoms. The fraction of sp³-hybridized carbons (Fsp3) is 0.318. The van der Waals surface area contributed by atoms with Gasteiger partial charge in [-0.2, -0.15) is 0 Å². The molecule has 1 aromatic carbocycles. The molecule has 166 valence electrons. The van der Waals surface area contributed by atoms with E-state index in [4.69, 9.17) is 0 Å². The SMILES string of the molecule is Cc1nccn1Cc1ccc(NC(=O)CCCn2cnc3c2c(=O)n(C)c(=O)n3C)cc1. The maximum Gasteiger partial charge on any atom is 0.332 e. The van der Waals surface area contributed by atoms with Crippen LogP contribution in [0.2, 0.25) is 0 Å². The van der Waals surface area contributed by atoms with Gasteiger partial charge in [-0.25, -0.2) is 14.8 Å². The molecule has 10 nitrogen and oxygen atoms in total. The van der Waals surface area contributed by atoms with E-state index in [1.807, 2.05) is 37.4 Å². The second-order valence-corrected chi connectivity index (χ2v) is 7.77. The molecular formula is C22H25N7O3. The Kier molecular flexibility index (Phi) is 5.76. The number of carbonyl (C=O) groups excluding carboxylic acids is 1. The Bertz CT molecular complexity index is 1390. The van der Waals surface area contributed by atoms with E-state index in [9.17, 15) is 14.4 Å². The minimum Gasteiger partial charge on any atom is -0.331 e. The van der Waals surface area contributed by atoms with Gasteiger partial charge in [-0.15, -0.1) is 0 Å². The van der Waals surface area contributed by atoms with Crippen LogP contribution in [0.5, 0.6) is 0 Å². The highest BCUT2D eigenvalue weighted by atomic mass is 16.2. The van der Waals surface area contributed by atoms with E-state index in [0.29, 0.717) is 30.6 Å². The van der Waals surface area contributed by atoms with Crippen molar-refractivity contribution in [2.75, 3.05) is 5.32 Å². The van der Waals surface area contributed by atoms with Gasteiger partial charge in [0.05, 0.1) is 6.33 Å². The first kappa shape index (κ1) is 21.3. The topological polar surface area (TPSA) is 109 Å². The van der Waals surface area contributed by atoms with Crippen molar-refractivity contribution in [3.63, 3.8) is 0 Å². The van der Waals surface area contributed by atoms with Gasteiger partial charge in [0.15, 0.2) is 11.2 Å². The molecule has 0 aliphatic heterocycles. The second kappa shape index (κ2) is 8.66. The Hall–Kier alpha value is -3.95. The Morgan fingerprint density at radius 2 is 1.78 bits per heavy atom. The van der Waals surface area contributed by atoms with E-state index >= 15 is 0 Å². The summed E-state index contributed by atoms with van der Waals surface area (Å²) in [5.41, 5.74) is 1.74. The number of imidazole rings is 2. The third-order valence-corrected chi connectivity index (χ3v) is 5.53. The monoisotopic (exact) mass is 435 g/mol. The zero-order chi connectivity index (χ0) is 22.8. The molecule has 1 N–H and O–H groups in total. The summed E-state index contributed by atoms with van der Waals surface area (Å²) in [6.45, 7) is 3.13. The van der Waals surface area contributed by atoms with E-state index in [1.54, 1.807) is 17.8 Å². The maximum absolute atomic E-state index is 12.5. The zero-order valence-electron chi connectivity index (χ0n) is 18.3. The maximum atomic E-state index is 12.5. The number of rotatable bonds is 7. The van der Waals surface area contributed by atoms with Crippen molar-refractivity contribution < 1.29 is 4.79 Å². The lowest BCUT2D eigenvalue weighted by atomic mass is 10.2. The lowest BCUT2D eigenvalue weighted by molar-refractivity contribution is -0.116. The van der Waals surface area contributed by atoms with Crippen LogP contribution in [0.1, 0.15) is 24.2 Å². The summed E-state index contributed by atoms with van der Waals surface area (Å²) in [7, 11) is 3.02. The number of nitrogens with one attached hydrogen (secondary N) is 1. The molecule has 4 aromatic rings. The molecule has 32 heavy (non-hydrogen) atoms. The van der Waals surface area contributed by atoms with Gasteiger partial charge in [-0.1, -0.05) is 12.1 Å². The summed E-state index contributed by atoms with van der Waals surface area (Å²) in [5, 5.41) is 2.90. The number of benzene rings is 1. The van der Waals surface area contributed by atoms with E-state index in [0.717, 1.165) is 28.2 Å². The first-order valence-electron chi connectivity index (χ1n) is 10.3. The highest BCUT2D eigenvalue weighted by Gasteiger charge is 2.14. The van der Waals surface area contributed by atoms with Crippen molar-refractivity contribution in [2.24, 2.45) is 14.1 Å². The van der Waals surface area contributed by atoms with Crippen LogP contribution in [0.3, 0.4) is 0 Å². The third-order valence-electron chi connectivity index (χ3n) is 5.53. The van der Waals surface area contributed by atoms with Gasteiger partial charge in [-0.3, -0.25) is 18.7 Å². The number of carbonyl (C=O) groups is 1. The van der Waals surface area contributed by atoms with Crippen molar-refractivity contribution in [3.8, 4) is 0 Å². The van der Waals surface area contributed by atoms with Crippen LogP contribution in [0.25, 0.3) is 11.2 Å². The van der Waals surface area contributed by atoms with Crippen LogP contribution in [0, 0.1) is 6.92 Å². The predicted molar refractivity (Wildman–Crippen MR) is 121 cm³/mol. The van der Waals surface area contributed by atoms with Crippen molar-refractivity contribution in [3.05, 3.63) is 75.2 Å². The van der Waals surface area contributed by atoms with Crippen LogP contribution in [-0.4, -0.2) is 34.1 Å². The molecule has 10 heteroatoms. The van der Waals surface area contributed by atoms with E-state index in [-0.39, 0.29) is 5.91 Å². The summed E-state index contributed by atoms with van der Waals surface area (Å²) in [6, 6.07) is 7.72. The van der Waals surface area contributed by atoms with Gasteiger partial charge in [0.25, 0.3) is 5.56 Å². The van der Waals surface area contributed by atoms with Crippen LogP contribution in [0.4, 0.5) is 5.69 Å². The molecular weight excluding hydrogens is 410 g/mol. The average molecular weight is 435 g/mol. The van der Waals surface area contributed by atoms with E-state index in [2.05, 4.69) is 19.9 Å². The molecule has 0 saturated heterocycles. The van der Waals surface area contributed by atoms with Crippen molar-refractivity contribution in [1.82, 2.24) is 28.2 Å². The van der Waals surface area contributed by atoms with Gasteiger partial charge in [0.1, 0.15) is 5.82 Å². The molecule has 0 spiro atoms. The smallest absolute Gasteiger partial charge is 0.331 e. The van der Waals surface area contributed by atoms with Gasteiger partial charge in [-0.05, 0) is 31.0 Å². The number of nitrogens with zero attached hydrogens (tertiary/aromatic N) is 6. The predicted octanol–water partition coefficient (Wildman–Crippen LogP) is 1.41. The molecule has 0 saturated carbocycles. The lowest BCUT2D eigenvalue weighted by Gasteiger charge is -2.09. The van der Waals surface area contributed by atoms with E-state index in [1.165, 1.54) is 17.9 Å². The molecule has 0 aliphatic carbocycles. The zero-order valence-corrected chi connectivity index (χ0v) is 18.3. The molecule has 0 unspecified atom stereocenters. The summed E-state index contributed by atoms with van der Waals surface area (Å²) in [4.78, 5) is 45.3.